The first-order valence-corrected chi connectivity index (χ1v) is 4.88. The van der Waals surface area contributed by atoms with Gasteiger partial charge in [0.1, 0.15) is 0 Å². The van der Waals surface area contributed by atoms with Gasteiger partial charge in [-0.25, -0.2) is 0 Å². The van der Waals surface area contributed by atoms with Crippen LogP contribution in [0.25, 0.3) is 0 Å². The minimum atomic E-state index is 0.723. The summed E-state index contributed by atoms with van der Waals surface area (Å²) in [5.74, 6) is 0. The van der Waals surface area contributed by atoms with Gasteiger partial charge in [-0.05, 0) is 13.0 Å². The van der Waals surface area contributed by atoms with E-state index < -0.39 is 0 Å². The molecular weight excluding hydrogens is 154 g/mol. The van der Waals surface area contributed by atoms with Gasteiger partial charge in [0.25, 0.3) is 0 Å². The normalized spacial score (nSPS) is 10.4. The van der Waals surface area contributed by atoms with E-state index in [0.717, 1.165) is 38.8 Å². The van der Waals surface area contributed by atoms with E-state index >= 15 is 0 Å². The molecule has 4 heteroatoms. The summed E-state index contributed by atoms with van der Waals surface area (Å²) in [5, 5.41) is 6.52. The average Bonchev–Trinajstić information content (AvgIpc) is 2.03. The third-order valence-electron chi connectivity index (χ3n) is 1.33. The van der Waals surface area contributed by atoms with Crippen LogP contribution in [0, 0.1) is 0 Å². The molecule has 0 saturated heterocycles. The summed E-state index contributed by atoms with van der Waals surface area (Å²) < 4.78 is 0. The van der Waals surface area contributed by atoms with E-state index in [4.69, 9.17) is 5.73 Å². The van der Waals surface area contributed by atoms with E-state index in [1.165, 1.54) is 6.42 Å². The highest BCUT2D eigenvalue weighted by Gasteiger charge is 1.85. The second kappa shape index (κ2) is 10.1. The fourth-order valence-electron chi connectivity index (χ4n) is 0.742. The van der Waals surface area contributed by atoms with Crippen molar-refractivity contribution in [1.82, 2.24) is 10.6 Å². The van der Waals surface area contributed by atoms with E-state index in [1.54, 1.807) is 0 Å². The highest BCUT2D eigenvalue weighted by molar-refractivity contribution is 6.08. The van der Waals surface area contributed by atoms with Crippen LogP contribution in [0.2, 0.25) is 6.04 Å². The second-order valence-corrected chi connectivity index (χ2v) is 2.89. The first kappa shape index (κ1) is 11.1. The van der Waals surface area contributed by atoms with E-state index in [0.29, 0.717) is 0 Å². The van der Waals surface area contributed by atoms with Gasteiger partial charge in [0, 0.05) is 36.4 Å². The fourth-order valence-corrected chi connectivity index (χ4v) is 0.919. The van der Waals surface area contributed by atoms with Gasteiger partial charge in [-0.15, -0.1) is 0 Å². The van der Waals surface area contributed by atoms with Crippen molar-refractivity contribution in [3.63, 3.8) is 0 Å². The summed E-state index contributed by atoms with van der Waals surface area (Å²) in [4.78, 5) is 0. The Balaban J connectivity index is 2.69. The average molecular weight is 172 g/mol. The van der Waals surface area contributed by atoms with E-state index in [2.05, 4.69) is 20.9 Å². The molecule has 0 aliphatic rings. The third-order valence-corrected chi connectivity index (χ3v) is 1.68. The Morgan fingerprint density at radius 1 is 1.00 bits per heavy atom. The van der Waals surface area contributed by atoms with Gasteiger partial charge in [-0.1, -0.05) is 6.04 Å². The van der Waals surface area contributed by atoms with Crippen LogP contribution < -0.4 is 16.4 Å². The molecule has 0 rings (SSSR count). The molecule has 11 heavy (non-hydrogen) atoms. The molecule has 0 aromatic rings. The lowest BCUT2D eigenvalue weighted by atomic mass is 10.4. The lowest BCUT2D eigenvalue weighted by molar-refractivity contribution is 0.610. The van der Waals surface area contributed by atoms with Gasteiger partial charge in [0.2, 0.25) is 0 Å². The molecule has 0 unspecified atom stereocenters. The van der Waals surface area contributed by atoms with Gasteiger partial charge in [0.15, 0.2) is 0 Å². The predicted molar refractivity (Wildman–Crippen MR) is 50.0 cm³/mol. The second-order valence-electron chi connectivity index (χ2n) is 2.39. The first-order chi connectivity index (χ1) is 5.41. The van der Waals surface area contributed by atoms with Gasteiger partial charge in [-0.3, -0.25) is 0 Å². The van der Waals surface area contributed by atoms with E-state index in [1.807, 2.05) is 0 Å². The summed E-state index contributed by atoms with van der Waals surface area (Å²) in [7, 11) is 3.41. The van der Waals surface area contributed by atoms with Crippen molar-refractivity contribution in [2.24, 2.45) is 5.73 Å². The van der Waals surface area contributed by atoms with Crippen molar-refractivity contribution >= 4 is 10.2 Å². The maximum atomic E-state index is 5.30. The highest BCUT2D eigenvalue weighted by Crippen LogP contribution is 1.78. The summed E-state index contributed by atoms with van der Waals surface area (Å²) in [6, 6.07) is 1.07. The summed E-state index contributed by atoms with van der Waals surface area (Å²) >= 11 is 0. The SMILES string of the molecule is NCCNCCNCCC[Si]. The predicted octanol–water partition coefficient (Wildman–Crippen LogP) is -0.899. The molecule has 3 nitrogen and oxygen atoms in total. The Hall–Kier alpha value is 0.0969. The van der Waals surface area contributed by atoms with Crippen molar-refractivity contribution in [2.45, 2.75) is 12.5 Å². The molecule has 0 bridgehead atoms. The standard InChI is InChI=1S/C7H18N3Si/c8-2-4-10-6-5-9-3-1-7-11/h9-10H,1-8H2. The molecule has 0 aromatic carbocycles. The molecular formula is C7H18N3Si. The summed E-state index contributed by atoms with van der Waals surface area (Å²) in [6.45, 7) is 4.78. The topological polar surface area (TPSA) is 50.1 Å². The molecule has 3 radical (unpaired) electrons. The van der Waals surface area contributed by atoms with Crippen LogP contribution in [0.3, 0.4) is 0 Å². The molecule has 0 heterocycles. The fraction of sp³-hybridized carbons (Fsp3) is 1.00. The van der Waals surface area contributed by atoms with Crippen molar-refractivity contribution in [1.29, 1.82) is 0 Å². The Labute approximate surface area is 72.5 Å². The molecule has 0 aromatic heterocycles. The minimum absolute atomic E-state index is 0.723. The van der Waals surface area contributed by atoms with Crippen LogP contribution in [-0.4, -0.2) is 43.0 Å². The molecule has 0 spiro atoms. The first-order valence-electron chi connectivity index (χ1n) is 4.18. The maximum absolute atomic E-state index is 5.30. The molecule has 65 valence electrons. The van der Waals surface area contributed by atoms with Gasteiger partial charge in [-0.2, -0.15) is 0 Å². The van der Waals surface area contributed by atoms with Crippen molar-refractivity contribution in [3.8, 4) is 0 Å². The summed E-state index contributed by atoms with van der Waals surface area (Å²) in [5.41, 5.74) is 5.30. The number of nitrogens with two attached hydrogens (primary N) is 1. The highest BCUT2D eigenvalue weighted by atomic mass is 28.1. The Kier molecular flexibility index (Phi) is 10.2. The third kappa shape index (κ3) is 10.1. The number of hydrogen-bond acceptors (Lipinski definition) is 3. The number of nitrogens with one attached hydrogen (secondary N) is 2. The minimum Gasteiger partial charge on any atom is -0.329 e. The van der Waals surface area contributed by atoms with Crippen LogP contribution in [-0.2, 0) is 0 Å². The Bertz CT molecular complexity index is 62.7. The van der Waals surface area contributed by atoms with Gasteiger partial charge in [0.05, 0.1) is 0 Å². The lowest BCUT2D eigenvalue weighted by Crippen LogP contribution is -2.31. The molecule has 4 N–H and O–H groups in total. The zero-order valence-corrected chi connectivity index (χ0v) is 8.03. The zero-order valence-electron chi connectivity index (χ0n) is 7.03. The van der Waals surface area contributed by atoms with Crippen molar-refractivity contribution in [2.75, 3.05) is 32.7 Å². The van der Waals surface area contributed by atoms with Crippen molar-refractivity contribution < 1.29 is 0 Å². The van der Waals surface area contributed by atoms with Crippen molar-refractivity contribution in [3.05, 3.63) is 0 Å². The zero-order chi connectivity index (χ0) is 8.36. The quantitative estimate of drug-likeness (QED) is 0.328. The molecule has 0 aliphatic carbocycles. The van der Waals surface area contributed by atoms with E-state index in [9.17, 15) is 0 Å². The monoisotopic (exact) mass is 172 g/mol. The van der Waals surface area contributed by atoms with Crippen LogP contribution in [0.4, 0.5) is 0 Å². The van der Waals surface area contributed by atoms with Crippen LogP contribution in [0.15, 0.2) is 0 Å². The van der Waals surface area contributed by atoms with Crippen LogP contribution in [0.5, 0.6) is 0 Å². The number of rotatable bonds is 8. The lowest BCUT2D eigenvalue weighted by Gasteiger charge is -2.03. The molecule has 0 aliphatic heterocycles. The molecule has 0 amide bonds. The molecule has 0 fully saturated rings. The Morgan fingerprint density at radius 2 is 1.64 bits per heavy atom. The Morgan fingerprint density at radius 3 is 2.18 bits per heavy atom. The van der Waals surface area contributed by atoms with E-state index in [-0.39, 0.29) is 0 Å². The van der Waals surface area contributed by atoms with Crippen LogP contribution in [0.1, 0.15) is 6.42 Å². The molecule has 0 saturated carbocycles. The largest absolute Gasteiger partial charge is 0.329 e. The maximum Gasteiger partial charge on any atom is 0.0222 e. The smallest absolute Gasteiger partial charge is 0.0222 e. The van der Waals surface area contributed by atoms with Gasteiger partial charge < -0.3 is 16.4 Å². The van der Waals surface area contributed by atoms with Crippen LogP contribution >= 0.6 is 0 Å². The number of hydrogen-bond donors (Lipinski definition) is 3. The van der Waals surface area contributed by atoms with Gasteiger partial charge >= 0.3 is 0 Å². The molecule has 0 atom stereocenters. The summed E-state index contributed by atoms with van der Waals surface area (Å²) in [6.07, 6.45) is 1.19.